The topological polar surface area (TPSA) is 172 Å². The predicted octanol–water partition coefficient (Wildman–Crippen LogP) is 9.24. The van der Waals surface area contributed by atoms with E-state index in [9.17, 15) is 15.2 Å². The minimum atomic E-state index is -2.03. The maximum absolute atomic E-state index is 16.8. The minimum absolute atomic E-state index is 0.0304. The number of amides is 3. The van der Waals surface area contributed by atoms with Crippen molar-refractivity contribution in [1.82, 2.24) is 14.7 Å². The molecule has 4 heterocycles. The number of aliphatic hydroxyl groups excluding tert-OH is 1. The number of nitro groups is 1. The van der Waals surface area contributed by atoms with Crippen molar-refractivity contribution in [3.8, 4) is 17.6 Å². The van der Waals surface area contributed by atoms with Crippen LogP contribution in [-0.4, -0.2) is 94.5 Å². The smallest absolute Gasteiger partial charge is 0.421 e. The van der Waals surface area contributed by atoms with Gasteiger partial charge in [-0.1, -0.05) is 134 Å². The van der Waals surface area contributed by atoms with Crippen LogP contribution in [0.15, 0.2) is 158 Å². The normalized spacial score (nSPS) is 22.2. The van der Waals surface area contributed by atoms with Gasteiger partial charge in [0.1, 0.15) is 36.5 Å². The van der Waals surface area contributed by atoms with E-state index in [1.54, 1.807) is 35.2 Å². The van der Waals surface area contributed by atoms with Crippen molar-refractivity contribution in [1.29, 1.82) is 0 Å². The number of anilines is 1. The van der Waals surface area contributed by atoms with Crippen LogP contribution in [0.3, 0.4) is 0 Å². The number of hydrogen-bond donors (Lipinski definition) is 1. The molecule has 388 valence electrons. The zero-order valence-corrected chi connectivity index (χ0v) is 42.2. The Labute approximate surface area is 441 Å². The van der Waals surface area contributed by atoms with Gasteiger partial charge in [-0.2, -0.15) is 0 Å². The number of aliphatic hydroxyl groups is 1. The molecular weight excluding hydrogens is 963 g/mol. The van der Waals surface area contributed by atoms with Crippen LogP contribution in [0.1, 0.15) is 89.2 Å². The standard InChI is InChI=1S/C61H59N5O10/c1-62(40-43-17-8-5-9-18-43)34-16-19-42-26-33-51-50(39-42)61(59(70)64(51)60(71)75-41-44-24-29-48(30-25-44)66(72)73)52(57(68)63-35-14-3-2-4-15-36-63)54-58(69)76-55(46-22-12-7-13-23-46)53(45-20-10-6-11-21-45)65(54)56(61)47-27-31-49(32-28-47)74-38-37-67/h5-13,17-18,20-33,39,52-56,67H,2-4,14-15,34-38,40-41H2,1H3/t52-,53-,54-,55+,56+,61-/m1/s1. The SMILES string of the molecule is CN(CC#Cc1ccc2c(c1)[C@]1(C(=O)N2C(=O)OCc2ccc([N+](=O)[O-])cc2)[C@H](c2ccc(OCCO)cc2)N2[C@H](c3ccccc3)[C@H](c3ccccc3)OC(=O)[C@H]2[C@@H]1C(=O)N1CCCCCCC1)Cc1ccccc1. The highest BCUT2D eigenvalue weighted by Gasteiger charge is 2.76. The minimum Gasteiger partial charge on any atom is -0.491 e. The summed E-state index contributed by atoms with van der Waals surface area (Å²) in [5.74, 6) is 3.75. The van der Waals surface area contributed by atoms with Crippen LogP contribution >= 0.6 is 0 Å². The van der Waals surface area contributed by atoms with Gasteiger partial charge in [0, 0.05) is 37.3 Å². The molecule has 76 heavy (non-hydrogen) atoms. The fourth-order valence-electron chi connectivity index (χ4n) is 11.7. The Kier molecular flexibility index (Phi) is 15.4. The summed E-state index contributed by atoms with van der Waals surface area (Å²) < 4.78 is 18.5. The molecule has 3 saturated heterocycles. The molecule has 4 aliphatic heterocycles. The summed E-state index contributed by atoms with van der Waals surface area (Å²) in [6, 6.07) is 43.6. The zero-order valence-electron chi connectivity index (χ0n) is 42.2. The lowest BCUT2D eigenvalue weighted by molar-refractivity contribution is -0.384. The molecule has 15 heteroatoms. The van der Waals surface area contributed by atoms with Crippen molar-refractivity contribution in [2.45, 2.75) is 74.9 Å². The number of nitro benzene ring substituents is 1. The van der Waals surface area contributed by atoms with Crippen LogP contribution in [0.4, 0.5) is 16.2 Å². The second-order valence-electron chi connectivity index (χ2n) is 19.8. The fraction of sp³-hybridized carbons (Fsp3) is 0.311. The maximum atomic E-state index is 16.8. The van der Waals surface area contributed by atoms with Crippen LogP contribution in [0.5, 0.6) is 5.75 Å². The third-order valence-corrected chi connectivity index (χ3v) is 15.0. The summed E-state index contributed by atoms with van der Waals surface area (Å²) in [5, 5.41) is 21.2. The molecule has 0 radical (unpaired) electrons. The summed E-state index contributed by atoms with van der Waals surface area (Å²) in [4.78, 5) is 81.7. The highest BCUT2D eigenvalue weighted by atomic mass is 16.6. The van der Waals surface area contributed by atoms with Gasteiger partial charge in [-0.3, -0.25) is 34.3 Å². The summed E-state index contributed by atoms with van der Waals surface area (Å²) in [6.07, 6.45) is 2.30. The van der Waals surface area contributed by atoms with Crippen LogP contribution in [0.2, 0.25) is 0 Å². The van der Waals surface area contributed by atoms with Gasteiger partial charge in [0.15, 0.2) is 0 Å². The number of ether oxygens (including phenoxy) is 3. The lowest BCUT2D eigenvalue weighted by Gasteiger charge is -2.46. The third kappa shape index (κ3) is 10.1. The number of esters is 1. The molecule has 3 fully saturated rings. The number of carbonyl (C=O) groups excluding carboxylic acids is 4. The number of hydrogen-bond acceptors (Lipinski definition) is 12. The molecule has 6 aromatic rings. The first-order chi connectivity index (χ1) is 37.1. The highest BCUT2D eigenvalue weighted by molar-refractivity contribution is 6.23. The first kappa shape index (κ1) is 51.3. The number of carbonyl (C=O) groups is 4. The average Bonchev–Trinajstić information content (AvgIpc) is 4.10. The van der Waals surface area contributed by atoms with Crippen molar-refractivity contribution in [2.24, 2.45) is 5.92 Å². The number of nitrogens with zero attached hydrogens (tertiary/aromatic N) is 5. The molecule has 0 aliphatic carbocycles. The Morgan fingerprint density at radius 3 is 2.08 bits per heavy atom. The molecule has 10 rings (SSSR count). The first-order valence-electron chi connectivity index (χ1n) is 25.9. The van der Waals surface area contributed by atoms with E-state index in [0.717, 1.165) is 48.1 Å². The second kappa shape index (κ2) is 22.8. The summed E-state index contributed by atoms with van der Waals surface area (Å²) in [5.41, 5.74) is 2.39. The lowest BCUT2D eigenvalue weighted by atomic mass is 9.64. The van der Waals surface area contributed by atoms with E-state index in [2.05, 4.69) is 28.9 Å². The van der Waals surface area contributed by atoms with Crippen LogP contribution in [0, 0.1) is 27.9 Å². The molecule has 0 aromatic heterocycles. The van der Waals surface area contributed by atoms with E-state index in [0.29, 0.717) is 59.7 Å². The number of cyclic esters (lactones) is 1. The van der Waals surface area contributed by atoms with Crippen LogP contribution < -0.4 is 9.64 Å². The quantitative estimate of drug-likeness (QED) is 0.0504. The molecule has 6 atom stereocenters. The number of rotatable bonds is 13. The van der Waals surface area contributed by atoms with E-state index >= 15 is 19.2 Å². The van der Waals surface area contributed by atoms with Crippen molar-refractivity contribution in [3.63, 3.8) is 0 Å². The van der Waals surface area contributed by atoms with Gasteiger partial charge in [0.05, 0.1) is 41.8 Å². The van der Waals surface area contributed by atoms with Crippen LogP contribution in [0.25, 0.3) is 0 Å². The summed E-state index contributed by atoms with van der Waals surface area (Å²) >= 11 is 0. The van der Waals surface area contributed by atoms with Crippen molar-refractivity contribution >= 4 is 35.3 Å². The van der Waals surface area contributed by atoms with Gasteiger partial charge in [0.25, 0.3) is 5.69 Å². The second-order valence-corrected chi connectivity index (χ2v) is 19.8. The Morgan fingerprint density at radius 1 is 0.776 bits per heavy atom. The van der Waals surface area contributed by atoms with Crippen molar-refractivity contribution < 1.29 is 43.4 Å². The maximum Gasteiger partial charge on any atom is 0.421 e. The number of imide groups is 1. The van der Waals surface area contributed by atoms with Crippen LogP contribution in [-0.2, 0) is 42.4 Å². The lowest BCUT2D eigenvalue weighted by Crippen LogP contribution is -2.56. The molecule has 0 saturated carbocycles. The summed E-state index contributed by atoms with van der Waals surface area (Å²) in [7, 11) is 1.98. The van der Waals surface area contributed by atoms with E-state index < -0.39 is 64.4 Å². The van der Waals surface area contributed by atoms with Gasteiger partial charge in [-0.25, -0.2) is 9.69 Å². The molecule has 1 spiro atoms. The zero-order chi connectivity index (χ0) is 52.8. The highest BCUT2D eigenvalue weighted by Crippen LogP contribution is 2.66. The Bertz CT molecular complexity index is 3120. The molecule has 15 nitrogen and oxygen atoms in total. The molecule has 0 bridgehead atoms. The molecular formula is C61H59N5O10. The predicted molar refractivity (Wildman–Crippen MR) is 284 cm³/mol. The van der Waals surface area contributed by atoms with E-state index in [-0.39, 0.29) is 31.2 Å². The monoisotopic (exact) mass is 1020 g/mol. The van der Waals surface area contributed by atoms with Gasteiger partial charge >= 0.3 is 12.1 Å². The molecule has 6 aromatic carbocycles. The van der Waals surface area contributed by atoms with Crippen molar-refractivity contribution in [2.75, 3.05) is 44.8 Å². The van der Waals surface area contributed by atoms with Gasteiger partial charge < -0.3 is 24.2 Å². The number of non-ortho nitro benzene ring substituents is 1. The Morgan fingerprint density at radius 2 is 1.42 bits per heavy atom. The van der Waals surface area contributed by atoms with Gasteiger partial charge in [-0.15, -0.1) is 0 Å². The first-order valence-corrected chi connectivity index (χ1v) is 25.9. The largest absolute Gasteiger partial charge is 0.491 e. The number of likely N-dealkylation sites (tertiary alicyclic amines) is 1. The van der Waals surface area contributed by atoms with E-state index in [1.165, 1.54) is 24.3 Å². The van der Waals surface area contributed by atoms with Gasteiger partial charge in [-0.05, 0) is 95.7 Å². The van der Waals surface area contributed by atoms with E-state index in [1.807, 2.05) is 103 Å². The number of morpholine rings is 1. The third-order valence-electron chi connectivity index (χ3n) is 15.0. The molecule has 3 amide bonds. The van der Waals surface area contributed by atoms with E-state index in [4.69, 9.17) is 14.2 Å². The fourth-order valence-corrected chi connectivity index (χ4v) is 11.7. The molecule has 1 N–H and O–H groups in total. The number of benzene rings is 6. The summed E-state index contributed by atoms with van der Waals surface area (Å²) in [6.45, 7) is 1.31. The van der Waals surface area contributed by atoms with Crippen molar-refractivity contribution in [3.05, 3.63) is 207 Å². The Balaban J connectivity index is 1.20. The van der Waals surface area contributed by atoms with Gasteiger partial charge in [0.2, 0.25) is 11.8 Å². The molecule has 4 aliphatic rings. The Hall–Kier alpha value is -8.16. The number of fused-ring (bicyclic) bond motifs is 3. The average molecular weight is 1020 g/mol. The molecule has 0 unspecified atom stereocenters.